The molecule has 0 amide bonds. The van der Waals surface area contributed by atoms with E-state index in [2.05, 4.69) is 10.1 Å². The Hall–Kier alpha value is -1.38. The van der Waals surface area contributed by atoms with Crippen LogP contribution in [0.15, 0.2) is 4.52 Å². The third kappa shape index (κ3) is 11.0. The lowest BCUT2D eigenvalue weighted by atomic mass is 10.1. The molecule has 1 atom stereocenters. The lowest BCUT2D eigenvalue weighted by Crippen LogP contribution is -2.34. The molecule has 1 unspecified atom stereocenters. The fourth-order valence-corrected chi connectivity index (χ4v) is 4.87. The van der Waals surface area contributed by atoms with E-state index in [-0.39, 0.29) is 31.9 Å². The van der Waals surface area contributed by atoms with Crippen LogP contribution in [0.25, 0.3) is 0 Å². The van der Waals surface area contributed by atoms with Gasteiger partial charge in [-0.1, -0.05) is 24.4 Å². The molecule has 0 aliphatic rings. The zero-order chi connectivity index (χ0) is 24.2. The number of aryl methyl sites for hydroxylation is 1. The largest absolute Gasteiger partial charge is 0.459 e. The van der Waals surface area contributed by atoms with Crippen LogP contribution in [0.2, 0.25) is 0 Å². The summed E-state index contributed by atoms with van der Waals surface area (Å²) in [6.07, 6.45) is 1.95. The highest BCUT2D eigenvalue weighted by Gasteiger charge is 2.44. The van der Waals surface area contributed by atoms with E-state index >= 15 is 0 Å². The van der Waals surface area contributed by atoms with Crippen LogP contribution in [0.1, 0.15) is 84.9 Å². The summed E-state index contributed by atoms with van der Waals surface area (Å²) in [7, 11) is -3.83. The van der Waals surface area contributed by atoms with Gasteiger partial charge in [-0.2, -0.15) is 4.98 Å². The van der Waals surface area contributed by atoms with Crippen molar-refractivity contribution in [1.29, 1.82) is 0 Å². The van der Waals surface area contributed by atoms with Crippen molar-refractivity contribution in [2.75, 3.05) is 13.2 Å². The Morgan fingerprint density at radius 3 is 2.22 bits per heavy atom. The quantitative estimate of drug-likeness (QED) is 0.167. The van der Waals surface area contributed by atoms with Gasteiger partial charge in [-0.3, -0.25) is 9.36 Å². The molecule has 1 aromatic heterocycles. The summed E-state index contributed by atoms with van der Waals surface area (Å²) in [5.74, 6) is -0.100. The molecule has 0 aliphatic heterocycles. The number of aromatic nitrogens is 2. The Bertz CT molecular complexity index is 713. The van der Waals surface area contributed by atoms with Gasteiger partial charge in [0.25, 0.3) is 0 Å². The molecule has 0 saturated heterocycles. The monoisotopic (exact) mass is 482 g/mol. The number of unbranched alkanes of at least 4 members (excludes halogenated alkanes) is 4. The predicted molar refractivity (Wildman–Crippen MR) is 116 cm³/mol. The molecule has 0 spiro atoms. The first kappa shape index (κ1) is 28.7. The number of carbonyl (C=O) groups excluding carboxylic acids is 1. The van der Waals surface area contributed by atoms with Gasteiger partial charge in [-0.25, -0.2) is 8.78 Å². The fourth-order valence-electron chi connectivity index (χ4n) is 3.02. The first-order valence-corrected chi connectivity index (χ1v) is 12.8. The number of esters is 1. The van der Waals surface area contributed by atoms with E-state index in [1.54, 1.807) is 34.6 Å². The summed E-state index contributed by atoms with van der Waals surface area (Å²) >= 11 is 0. The molecule has 1 heterocycles. The van der Waals surface area contributed by atoms with Crippen molar-refractivity contribution in [2.24, 2.45) is 0 Å². The summed E-state index contributed by atoms with van der Waals surface area (Å²) < 4.78 is 59.0. The molecule has 0 radical (unpaired) electrons. The SMILES string of the molecule is CCOP(=O)(OCC)C(Cc1nc(CCCCCCCC(F)F)no1)C(=O)OC(C)(C)C. The third-order valence-electron chi connectivity index (χ3n) is 4.38. The highest BCUT2D eigenvalue weighted by Crippen LogP contribution is 2.54. The molecule has 0 aromatic carbocycles. The molecule has 0 saturated carbocycles. The van der Waals surface area contributed by atoms with E-state index < -0.39 is 31.3 Å². The van der Waals surface area contributed by atoms with E-state index in [9.17, 15) is 18.1 Å². The first-order chi connectivity index (χ1) is 15.0. The summed E-state index contributed by atoms with van der Waals surface area (Å²) in [5, 5.41) is 3.93. The van der Waals surface area contributed by atoms with Crippen LogP contribution in [0.4, 0.5) is 8.78 Å². The summed E-state index contributed by atoms with van der Waals surface area (Å²) in [4.78, 5) is 17.1. The first-order valence-electron chi connectivity index (χ1n) is 11.2. The molecule has 0 bridgehead atoms. The lowest BCUT2D eigenvalue weighted by molar-refractivity contribution is -0.154. The molecule has 8 nitrogen and oxygen atoms in total. The van der Waals surface area contributed by atoms with Crippen molar-refractivity contribution in [1.82, 2.24) is 10.1 Å². The molecular weight excluding hydrogens is 445 g/mol. The van der Waals surface area contributed by atoms with Crippen molar-refractivity contribution in [3.8, 4) is 0 Å². The Kier molecular flexibility index (Phi) is 12.5. The minimum atomic E-state index is -3.83. The number of alkyl halides is 2. The van der Waals surface area contributed by atoms with Crippen LogP contribution in [-0.4, -0.2) is 47.0 Å². The van der Waals surface area contributed by atoms with Crippen LogP contribution in [0.3, 0.4) is 0 Å². The Balaban J connectivity index is 2.75. The van der Waals surface area contributed by atoms with E-state index in [4.69, 9.17) is 18.3 Å². The Morgan fingerprint density at radius 1 is 1.06 bits per heavy atom. The van der Waals surface area contributed by atoms with Crippen molar-refractivity contribution in [3.05, 3.63) is 11.7 Å². The number of hydrogen-bond acceptors (Lipinski definition) is 8. The number of hydrogen-bond donors (Lipinski definition) is 0. The maximum Gasteiger partial charge on any atom is 0.345 e. The third-order valence-corrected chi connectivity index (χ3v) is 6.77. The minimum absolute atomic E-state index is 0.0552. The van der Waals surface area contributed by atoms with Crippen molar-refractivity contribution < 1.29 is 36.4 Å². The number of halogens is 2. The average molecular weight is 483 g/mol. The van der Waals surface area contributed by atoms with Crippen LogP contribution in [0, 0.1) is 0 Å². The lowest BCUT2D eigenvalue weighted by Gasteiger charge is -2.27. The van der Waals surface area contributed by atoms with Crippen LogP contribution < -0.4 is 0 Å². The summed E-state index contributed by atoms with van der Waals surface area (Å²) in [5.41, 5.74) is -2.02. The number of rotatable bonds is 16. The van der Waals surface area contributed by atoms with Gasteiger partial charge in [-0.05, 0) is 47.5 Å². The normalized spacial score (nSPS) is 13.5. The van der Waals surface area contributed by atoms with Gasteiger partial charge >= 0.3 is 13.6 Å². The fraction of sp³-hybridized carbons (Fsp3) is 0.857. The van der Waals surface area contributed by atoms with Crippen LogP contribution >= 0.6 is 7.60 Å². The summed E-state index contributed by atoms with van der Waals surface area (Å²) in [6, 6.07) is 0. The van der Waals surface area contributed by atoms with Gasteiger partial charge in [0.2, 0.25) is 12.3 Å². The minimum Gasteiger partial charge on any atom is -0.459 e. The number of carbonyl (C=O) groups is 1. The average Bonchev–Trinajstić information content (AvgIpc) is 3.11. The maximum absolute atomic E-state index is 13.3. The Morgan fingerprint density at radius 2 is 1.66 bits per heavy atom. The second-order valence-corrected chi connectivity index (χ2v) is 10.7. The topological polar surface area (TPSA) is 101 Å². The molecular formula is C21H37F2N2O6P. The predicted octanol–water partition coefficient (Wildman–Crippen LogP) is 5.74. The second-order valence-electron chi connectivity index (χ2n) is 8.43. The second kappa shape index (κ2) is 14.0. The molecule has 0 aliphatic carbocycles. The summed E-state index contributed by atoms with van der Waals surface area (Å²) in [6.45, 7) is 8.67. The molecule has 11 heteroatoms. The van der Waals surface area contributed by atoms with Crippen molar-refractivity contribution >= 4 is 13.6 Å². The molecule has 32 heavy (non-hydrogen) atoms. The van der Waals surface area contributed by atoms with Gasteiger partial charge < -0.3 is 18.3 Å². The van der Waals surface area contributed by atoms with E-state index in [0.29, 0.717) is 18.7 Å². The van der Waals surface area contributed by atoms with Gasteiger partial charge in [0.1, 0.15) is 5.60 Å². The number of nitrogens with zero attached hydrogens (tertiary/aromatic N) is 2. The molecule has 0 fully saturated rings. The van der Waals surface area contributed by atoms with Crippen molar-refractivity contribution in [2.45, 2.75) is 104 Å². The highest BCUT2D eigenvalue weighted by molar-refractivity contribution is 7.55. The highest BCUT2D eigenvalue weighted by atomic mass is 31.2. The van der Waals surface area contributed by atoms with E-state index in [0.717, 1.165) is 25.7 Å². The maximum atomic E-state index is 13.3. The molecule has 0 N–H and O–H groups in total. The zero-order valence-corrected chi connectivity index (χ0v) is 20.7. The van der Waals surface area contributed by atoms with Gasteiger partial charge in [-0.15, -0.1) is 0 Å². The van der Waals surface area contributed by atoms with Crippen LogP contribution in [0.5, 0.6) is 0 Å². The van der Waals surface area contributed by atoms with Gasteiger partial charge in [0.05, 0.1) is 19.6 Å². The standard InChI is InChI=1S/C21H37F2N2O6P/c1-6-28-32(27,29-7-2)16(20(26)30-21(3,4)5)15-19-24-18(25-31-19)14-12-10-8-9-11-13-17(22)23/h16-17H,6-15H2,1-5H3. The Labute approximate surface area is 189 Å². The van der Waals surface area contributed by atoms with Gasteiger partial charge in [0.15, 0.2) is 11.5 Å². The van der Waals surface area contributed by atoms with E-state index in [1.165, 1.54) is 0 Å². The van der Waals surface area contributed by atoms with E-state index in [1.807, 2.05) is 0 Å². The smallest absolute Gasteiger partial charge is 0.345 e. The number of ether oxygens (including phenoxy) is 1. The van der Waals surface area contributed by atoms with Crippen LogP contribution in [-0.2, 0) is 36.0 Å². The molecule has 186 valence electrons. The molecule has 1 aromatic rings. The molecule has 1 rings (SSSR count). The van der Waals surface area contributed by atoms with Gasteiger partial charge in [0, 0.05) is 12.8 Å². The van der Waals surface area contributed by atoms with Crippen molar-refractivity contribution in [3.63, 3.8) is 0 Å². The zero-order valence-electron chi connectivity index (χ0n) is 19.8.